The summed E-state index contributed by atoms with van der Waals surface area (Å²) >= 11 is 0. The van der Waals surface area contributed by atoms with Gasteiger partial charge in [0.1, 0.15) is 17.6 Å². The first-order chi connectivity index (χ1) is 14.6. The normalized spacial score (nSPS) is 11.9. The van der Waals surface area contributed by atoms with Crippen molar-refractivity contribution in [1.82, 2.24) is 0 Å². The summed E-state index contributed by atoms with van der Waals surface area (Å²) in [5.41, 5.74) is 3.39. The van der Waals surface area contributed by atoms with E-state index in [0.717, 1.165) is 22.4 Å². The molecule has 1 unspecified atom stereocenters. The van der Waals surface area contributed by atoms with E-state index in [1.54, 1.807) is 31.4 Å². The summed E-state index contributed by atoms with van der Waals surface area (Å²) in [5.74, 6) is 0.631. The number of benzene rings is 3. The van der Waals surface area contributed by atoms with E-state index in [1.807, 2.05) is 60.7 Å². The molecule has 0 heterocycles. The van der Waals surface area contributed by atoms with Crippen LogP contribution in [0.3, 0.4) is 0 Å². The summed E-state index contributed by atoms with van der Waals surface area (Å²) in [6.45, 7) is 0.385. The quantitative estimate of drug-likeness (QED) is 0.535. The summed E-state index contributed by atoms with van der Waals surface area (Å²) in [7, 11) is 2.99. The van der Waals surface area contributed by atoms with Crippen molar-refractivity contribution < 1.29 is 24.1 Å². The maximum Gasteiger partial charge on any atom is 0.337 e. The Balaban J connectivity index is 1.70. The number of methoxy groups -OCH3 is 2. The Morgan fingerprint density at radius 1 is 0.900 bits per heavy atom. The zero-order valence-corrected chi connectivity index (χ0v) is 16.9. The highest BCUT2D eigenvalue weighted by molar-refractivity contribution is 5.89. The maximum absolute atomic E-state index is 11.5. The molecular weight excluding hydrogens is 380 g/mol. The Kier molecular flexibility index (Phi) is 7.24. The second kappa shape index (κ2) is 10.3. The van der Waals surface area contributed by atoms with Crippen molar-refractivity contribution in [1.29, 1.82) is 0 Å². The molecule has 0 fully saturated rings. The predicted molar refractivity (Wildman–Crippen MR) is 116 cm³/mol. The molecule has 1 atom stereocenters. The van der Waals surface area contributed by atoms with Crippen molar-refractivity contribution in [2.75, 3.05) is 20.8 Å². The van der Waals surface area contributed by atoms with E-state index in [1.165, 1.54) is 7.11 Å². The minimum absolute atomic E-state index is 0.211. The second-order valence-electron chi connectivity index (χ2n) is 6.59. The van der Waals surface area contributed by atoms with Gasteiger partial charge < -0.3 is 19.3 Å². The summed E-state index contributed by atoms with van der Waals surface area (Å²) in [6.07, 6.45) is 3.57. The van der Waals surface area contributed by atoms with Gasteiger partial charge in [0.15, 0.2) is 0 Å². The third-order valence-electron chi connectivity index (χ3n) is 4.62. The van der Waals surface area contributed by atoms with Crippen molar-refractivity contribution in [2.45, 2.75) is 6.10 Å². The molecule has 1 N–H and O–H groups in total. The van der Waals surface area contributed by atoms with E-state index in [2.05, 4.69) is 0 Å². The molecule has 0 aliphatic rings. The highest BCUT2D eigenvalue weighted by atomic mass is 16.5. The van der Waals surface area contributed by atoms with Crippen molar-refractivity contribution in [3.8, 4) is 11.5 Å². The van der Waals surface area contributed by atoms with Crippen LogP contribution in [0, 0.1) is 0 Å². The minimum atomic E-state index is -0.356. The first-order valence-electron chi connectivity index (χ1n) is 9.50. The Labute approximate surface area is 176 Å². The van der Waals surface area contributed by atoms with E-state index in [-0.39, 0.29) is 17.8 Å². The van der Waals surface area contributed by atoms with Gasteiger partial charge in [-0.2, -0.15) is 0 Å². The third-order valence-corrected chi connectivity index (χ3v) is 4.62. The molecule has 0 amide bonds. The number of hydrogen-bond acceptors (Lipinski definition) is 5. The number of aromatic hydroxyl groups is 1. The molecule has 5 nitrogen and oxygen atoms in total. The van der Waals surface area contributed by atoms with Gasteiger partial charge >= 0.3 is 5.97 Å². The molecular formula is C25H24O5. The molecule has 0 aliphatic carbocycles. The zero-order valence-electron chi connectivity index (χ0n) is 16.9. The molecule has 30 heavy (non-hydrogen) atoms. The van der Waals surface area contributed by atoms with E-state index < -0.39 is 0 Å². The van der Waals surface area contributed by atoms with Crippen LogP contribution in [0.15, 0.2) is 78.9 Å². The van der Waals surface area contributed by atoms with Crippen LogP contribution < -0.4 is 4.74 Å². The van der Waals surface area contributed by atoms with Crippen molar-refractivity contribution in [2.24, 2.45) is 0 Å². The first-order valence-corrected chi connectivity index (χ1v) is 9.50. The van der Waals surface area contributed by atoms with Gasteiger partial charge in [-0.1, -0.05) is 48.6 Å². The van der Waals surface area contributed by atoms with Crippen LogP contribution in [0.2, 0.25) is 0 Å². The van der Waals surface area contributed by atoms with Gasteiger partial charge in [-0.3, -0.25) is 0 Å². The highest BCUT2D eigenvalue weighted by Gasteiger charge is 2.14. The van der Waals surface area contributed by atoms with E-state index in [9.17, 15) is 9.90 Å². The van der Waals surface area contributed by atoms with E-state index >= 15 is 0 Å². The molecule has 3 aromatic rings. The van der Waals surface area contributed by atoms with Gasteiger partial charge in [0.05, 0.1) is 26.4 Å². The summed E-state index contributed by atoms with van der Waals surface area (Å²) in [5, 5.41) is 9.59. The van der Waals surface area contributed by atoms with Crippen molar-refractivity contribution >= 4 is 12.0 Å². The SMILES string of the molecule is COC(=O)c1ccc(/C=C/COC(c2ccc(O)cc2)c2ccc(OC)cc2)cc1. The lowest BCUT2D eigenvalue weighted by Crippen LogP contribution is -2.06. The summed E-state index contributed by atoms with van der Waals surface area (Å²) in [6, 6.07) is 21.9. The number of hydrogen-bond donors (Lipinski definition) is 1. The molecule has 0 bridgehead atoms. The van der Waals surface area contributed by atoms with Crippen LogP contribution in [-0.4, -0.2) is 31.9 Å². The first kappa shape index (κ1) is 21.1. The highest BCUT2D eigenvalue weighted by Crippen LogP contribution is 2.28. The topological polar surface area (TPSA) is 65.0 Å². The second-order valence-corrected chi connectivity index (χ2v) is 6.59. The van der Waals surface area contributed by atoms with Crippen LogP contribution in [0.4, 0.5) is 0 Å². The molecule has 0 saturated carbocycles. The molecule has 3 aromatic carbocycles. The van der Waals surface area contributed by atoms with Crippen molar-refractivity contribution in [3.05, 3.63) is 101 Å². The molecule has 0 saturated heterocycles. The number of ether oxygens (including phenoxy) is 3. The third kappa shape index (κ3) is 5.49. The van der Waals surface area contributed by atoms with Gasteiger partial charge in [0.25, 0.3) is 0 Å². The monoisotopic (exact) mass is 404 g/mol. The van der Waals surface area contributed by atoms with Gasteiger partial charge in [0.2, 0.25) is 0 Å². The number of carbonyl (C=O) groups excluding carboxylic acids is 1. The molecule has 5 heteroatoms. The number of phenolic OH excluding ortho intramolecular Hbond substituents is 1. The fourth-order valence-corrected chi connectivity index (χ4v) is 3.00. The van der Waals surface area contributed by atoms with Gasteiger partial charge in [0, 0.05) is 0 Å². The van der Waals surface area contributed by atoms with Crippen molar-refractivity contribution in [3.63, 3.8) is 0 Å². The number of phenols is 1. The Morgan fingerprint density at radius 3 is 2.07 bits per heavy atom. The summed E-state index contributed by atoms with van der Waals surface area (Å²) < 4.78 is 16.1. The number of rotatable bonds is 8. The van der Waals surface area contributed by atoms with Crippen LogP contribution in [0.25, 0.3) is 6.08 Å². The average Bonchev–Trinajstić information content (AvgIpc) is 2.80. The standard InChI is InChI=1S/C25H24O5/c1-28-23-15-11-20(12-16-23)24(19-9-13-22(26)14-10-19)30-17-3-4-18-5-7-21(8-6-18)25(27)29-2/h3-16,24,26H,17H2,1-2H3/b4-3+. The molecule has 0 radical (unpaired) electrons. The van der Waals surface area contributed by atoms with Gasteiger partial charge in [-0.05, 0) is 53.1 Å². The molecule has 0 aromatic heterocycles. The lowest BCUT2D eigenvalue weighted by molar-refractivity contribution is 0.0600. The summed E-state index contributed by atoms with van der Waals surface area (Å²) in [4.78, 5) is 11.5. The smallest absolute Gasteiger partial charge is 0.337 e. The van der Waals surface area contributed by atoms with Crippen LogP contribution in [0.5, 0.6) is 11.5 Å². The van der Waals surface area contributed by atoms with E-state index in [4.69, 9.17) is 14.2 Å². The fraction of sp³-hybridized carbons (Fsp3) is 0.160. The van der Waals surface area contributed by atoms with Crippen LogP contribution >= 0.6 is 0 Å². The fourth-order valence-electron chi connectivity index (χ4n) is 3.00. The number of carbonyl (C=O) groups is 1. The largest absolute Gasteiger partial charge is 0.508 e. The van der Waals surface area contributed by atoms with E-state index in [0.29, 0.717) is 12.2 Å². The average molecular weight is 404 g/mol. The molecule has 154 valence electrons. The van der Waals surface area contributed by atoms with Crippen LogP contribution in [0.1, 0.15) is 33.2 Å². The Bertz CT molecular complexity index is 974. The lowest BCUT2D eigenvalue weighted by atomic mass is 10.0. The lowest BCUT2D eigenvalue weighted by Gasteiger charge is -2.18. The van der Waals surface area contributed by atoms with Crippen LogP contribution in [-0.2, 0) is 9.47 Å². The maximum atomic E-state index is 11.5. The van der Waals surface area contributed by atoms with Gasteiger partial charge in [-0.15, -0.1) is 0 Å². The minimum Gasteiger partial charge on any atom is -0.508 e. The van der Waals surface area contributed by atoms with Gasteiger partial charge in [-0.25, -0.2) is 4.79 Å². The number of esters is 1. The molecule has 0 spiro atoms. The Hall–Kier alpha value is -3.57. The predicted octanol–water partition coefficient (Wildman–Crippen LogP) is 5.01. The Morgan fingerprint density at radius 2 is 1.50 bits per heavy atom. The molecule has 0 aliphatic heterocycles. The molecule has 3 rings (SSSR count). The zero-order chi connectivity index (χ0) is 21.3.